The van der Waals surface area contributed by atoms with Crippen LogP contribution < -0.4 is 9.62 Å². The number of hydrogen-bond donors (Lipinski definition) is 1. The van der Waals surface area contributed by atoms with Gasteiger partial charge in [0.1, 0.15) is 12.6 Å². The van der Waals surface area contributed by atoms with Gasteiger partial charge < -0.3 is 10.2 Å². The molecule has 0 aromatic heterocycles. The molecule has 1 atom stereocenters. The summed E-state index contributed by atoms with van der Waals surface area (Å²) in [6, 6.07) is 13.6. The highest BCUT2D eigenvalue weighted by atomic mass is 79.9. The van der Waals surface area contributed by atoms with E-state index in [1.54, 1.807) is 31.2 Å². The molecule has 2 aromatic rings. The number of sulfonamides is 1. The normalized spacial score (nSPS) is 15.3. The summed E-state index contributed by atoms with van der Waals surface area (Å²) in [4.78, 5) is 28.2. The van der Waals surface area contributed by atoms with Gasteiger partial charge in [-0.05, 0) is 55.7 Å². The van der Waals surface area contributed by atoms with Crippen LogP contribution in [0.4, 0.5) is 5.69 Å². The van der Waals surface area contributed by atoms with Crippen molar-refractivity contribution in [2.45, 2.75) is 57.7 Å². The first-order chi connectivity index (χ1) is 16.5. The molecule has 10 heteroatoms. The van der Waals surface area contributed by atoms with Gasteiger partial charge in [-0.1, -0.05) is 69.3 Å². The van der Waals surface area contributed by atoms with Crippen molar-refractivity contribution in [2.24, 2.45) is 0 Å². The van der Waals surface area contributed by atoms with E-state index in [2.05, 4.69) is 37.2 Å². The van der Waals surface area contributed by atoms with Crippen molar-refractivity contribution in [2.75, 3.05) is 17.1 Å². The largest absolute Gasteiger partial charge is 0.352 e. The SMILES string of the molecule is C[C@H](C(=O)NC1CCCCC1)N(Cc1ccc(Br)cc1)C(=O)CN(c1cccc(Br)c1)S(C)(=O)=O. The van der Waals surface area contributed by atoms with Crippen LogP contribution in [0.3, 0.4) is 0 Å². The molecule has 0 bridgehead atoms. The molecule has 1 N–H and O–H groups in total. The number of carbonyl (C=O) groups is 2. The zero-order chi connectivity index (χ0) is 25.6. The topological polar surface area (TPSA) is 86.8 Å². The molecule has 0 radical (unpaired) electrons. The molecule has 2 aromatic carbocycles. The summed E-state index contributed by atoms with van der Waals surface area (Å²) in [7, 11) is -3.75. The fraction of sp³-hybridized carbons (Fsp3) is 0.440. The molecule has 0 spiro atoms. The minimum atomic E-state index is -3.75. The molecule has 0 unspecified atom stereocenters. The van der Waals surface area contributed by atoms with Crippen molar-refractivity contribution in [3.8, 4) is 0 Å². The van der Waals surface area contributed by atoms with E-state index >= 15 is 0 Å². The fourth-order valence-corrected chi connectivity index (χ4v) is 5.68. The summed E-state index contributed by atoms with van der Waals surface area (Å²) < 4.78 is 27.9. The summed E-state index contributed by atoms with van der Waals surface area (Å²) in [5, 5.41) is 3.09. The summed E-state index contributed by atoms with van der Waals surface area (Å²) >= 11 is 6.77. The molecule has 1 aliphatic rings. The van der Waals surface area contributed by atoms with Gasteiger partial charge >= 0.3 is 0 Å². The number of rotatable bonds is 9. The van der Waals surface area contributed by atoms with E-state index in [1.807, 2.05) is 24.3 Å². The monoisotopic (exact) mass is 627 g/mol. The molecule has 190 valence electrons. The van der Waals surface area contributed by atoms with Crippen molar-refractivity contribution >= 4 is 59.4 Å². The molecule has 1 saturated carbocycles. The third kappa shape index (κ3) is 8.05. The van der Waals surface area contributed by atoms with E-state index in [4.69, 9.17) is 0 Å². The van der Waals surface area contributed by atoms with Crippen molar-refractivity contribution in [3.05, 3.63) is 63.0 Å². The second-order valence-electron chi connectivity index (χ2n) is 8.92. The third-order valence-corrected chi connectivity index (χ3v) is 8.32. The summed E-state index contributed by atoms with van der Waals surface area (Å²) in [5.41, 5.74) is 1.21. The summed E-state index contributed by atoms with van der Waals surface area (Å²) in [6.45, 7) is 1.47. The van der Waals surface area contributed by atoms with Crippen LogP contribution in [0.5, 0.6) is 0 Å². The van der Waals surface area contributed by atoms with E-state index in [-0.39, 0.29) is 18.5 Å². The quantitative estimate of drug-likeness (QED) is 0.430. The number of amides is 2. The number of carbonyl (C=O) groups excluding carboxylic acids is 2. The number of nitrogens with one attached hydrogen (secondary N) is 1. The third-order valence-electron chi connectivity index (χ3n) is 6.16. The maximum atomic E-state index is 13.6. The summed E-state index contributed by atoms with van der Waals surface area (Å²) in [5.74, 6) is -0.680. The lowest BCUT2D eigenvalue weighted by Gasteiger charge is -2.33. The van der Waals surface area contributed by atoms with Crippen molar-refractivity contribution in [1.82, 2.24) is 10.2 Å². The first-order valence-electron chi connectivity index (χ1n) is 11.6. The first-order valence-corrected chi connectivity index (χ1v) is 15.1. The average Bonchev–Trinajstić information content (AvgIpc) is 2.81. The Kier molecular flexibility index (Phi) is 9.77. The minimum Gasteiger partial charge on any atom is -0.352 e. The van der Waals surface area contributed by atoms with Gasteiger partial charge in [-0.3, -0.25) is 13.9 Å². The zero-order valence-corrected chi connectivity index (χ0v) is 23.9. The number of nitrogens with zero attached hydrogens (tertiary/aromatic N) is 2. The van der Waals surface area contributed by atoms with Crippen LogP contribution in [-0.4, -0.2) is 50.0 Å². The van der Waals surface area contributed by atoms with Crippen LogP contribution in [0, 0.1) is 0 Å². The fourth-order valence-electron chi connectivity index (χ4n) is 4.18. The van der Waals surface area contributed by atoms with E-state index in [0.717, 1.165) is 46.3 Å². The van der Waals surface area contributed by atoms with Gasteiger partial charge in [0.05, 0.1) is 11.9 Å². The maximum absolute atomic E-state index is 13.6. The Morgan fingerprint density at radius 3 is 2.29 bits per heavy atom. The Morgan fingerprint density at radius 1 is 1.03 bits per heavy atom. The molecule has 1 fully saturated rings. The molecule has 0 saturated heterocycles. The predicted octanol–water partition coefficient (Wildman–Crippen LogP) is 4.84. The van der Waals surface area contributed by atoms with Gasteiger partial charge in [0.2, 0.25) is 21.8 Å². The molecular weight excluding hydrogens is 598 g/mol. The van der Waals surface area contributed by atoms with E-state index < -0.39 is 28.5 Å². The van der Waals surface area contributed by atoms with Gasteiger partial charge in [-0.25, -0.2) is 8.42 Å². The average molecular weight is 629 g/mol. The van der Waals surface area contributed by atoms with E-state index in [1.165, 1.54) is 11.3 Å². The maximum Gasteiger partial charge on any atom is 0.244 e. The Hall–Kier alpha value is -1.91. The Bertz CT molecular complexity index is 1140. The number of benzene rings is 2. The first kappa shape index (κ1) is 27.7. The lowest BCUT2D eigenvalue weighted by atomic mass is 9.95. The molecule has 2 amide bonds. The van der Waals surface area contributed by atoms with Gasteiger partial charge in [0, 0.05) is 21.5 Å². The second-order valence-corrected chi connectivity index (χ2v) is 12.7. The van der Waals surface area contributed by atoms with Gasteiger partial charge in [0.25, 0.3) is 0 Å². The Labute approximate surface area is 224 Å². The van der Waals surface area contributed by atoms with Crippen LogP contribution >= 0.6 is 31.9 Å². The standard InChI is InChI=1S/C25H31Br2N3O4S/c1-18(25(32)28-22-8-4-3-5-9-22)29(16-19-11-13-20(26)14-12-19)24(31)17-30(35(2,33)34)23-10-6-7-21(27)15-23/h6-7,10-15,18,22H,3-5,8-9,16-17H2,1-2H3,(H,28,32)/t18-/m1/s1. The van der Waals surface area contributed by atoms with Crippen molar-refractivity contribution < 1.29 is 18.0 Å². The van der Waals surface area contributed by atoms with Crippen LogP contribution in [0.2, 0.25) is 0 Å². The highest BCUT2D eigenvalue weighted by Crippen LogP contribution is 2.23. The molecule has 7 nitrogen and oxygen atoms in total. The van der Waals surface area contributed by atoms with Crippen LogP contribution in [0.15, 0.2) is 57.5 Å². The van der Waals surface area contributed by atoms with Gasteiger partial charge in [0.15, 0.2) is 0 Å². The molecule has 1 aliphatic carbocycles. The second kappa shape index (κ2) is 12.4. The molecule has 3 rings (SSSR count). The van der Waals surface area contributed by atoms with Crippen molar-refractivity contribution in [1.29, 1.82) is 0 Å². The van der Waals surface area contributed by atoms with Gasteiger partial charge in [-0.15, -0.1) is 0 Å². The number of anilines is 1. The van der Waals surface area contributed by atoms with E-state index in [9.17, 15) is 18.0 Å². The molecule has 0 aliphatic heterocycles. The minimum absolute atomic E-state index is 0.109. The number of halogens is 2. The lowest BCUT2D eigenvalue weighted by molar-refractivity contribution is -0.139. The lowest BCUT2D eigenvalue weighted by Crippen LogP contribution is -2.52. The Morgan fingerprint density at radius 2 is 1.69 bits per heavy atom. The highest BCUT2D eigenvalue weighted by Gasteiger charge is 2.31. The smallest absolute Gasteiger partial charge is 0.244 e. The van der Waals surface area contributed by atoms with Gasteiger partial charge in [-0.2, -0.15) is 0 Å². The van der Waals surface area contributed by atoms with Crippen LogP contribution in [-0.2, 0) is 26.2 Å². The van der Waals surface area contributed by atoms with Crippen LogP contribution in [0.25, 0.3) is 0 Å². The predicted molar refractivity (Wildman–Crippen MR) is 146 cm³/mol. The Balaban J connectivity index is 1.86. The summed E-state index contributed by atoms with van der Waals surface area (Å²) in [6.07, 6.45) is 6.27. The molecule has 35 heavy (non-hydrogen) atoms. The van der Waals surface area contributed by atoms with E-state index in [0.29, 0.717) is 10.2 Å². The molecular formula is C25H31Br2N3O4S. The highest BCUT2D eigenvalue weighted by molar-refractivity contribution is 9.10. The molecule has 0 heterocycles. The zero-order valence-electron chi connectivity index (χ0n) is 19.9. The van der Waals surface area contributed by atoms with Crippen molar-refractivity contribution in [3.63, 3.8) is 0 Å². The number of hydrogen-bond acceptors (Lipinski definition) is 4. The van der Waals surface area contributed by atoms with Crippen LogP contribution in [0.1, 0.15) is 44.6 Å².